The summed E-state index contributed by atoms with van der Waals surface area (Å²) in [5.74, 6) is 0.245. The van der Waals surface area contributed by atoms with Crippen molar-refractivity contribution in [1.29, 1.82) is 0 Å². The first-order valence-corrected chi connectivity index (χ1v) is 5.93. The van der Waals surface area contributed by atoms with E-state index in [2.05, 4.69) is 10.2 Å². The van der Waals surface area contributed by atoms with Crippen molar-refractivity contribution in [2.45, 2.75) is 6.18 Å². The number of hydrogen-bond donors (Lipinski definition) is 2. The highest BCUT2D eigenvalue weighted by Gasteiger charge is 2.31. The Morgan fingerprint density at radius 1 is 0.952 bits per heavy atom. The van der Waals surface area contributed by atoms with Crippen LogP contribution in [0.1, 0.15) is 5.56 Å². The Labute approximate surface area is 117 Å². The molecule has 0 aliphatic heterocycles. The Morgan fingerprint density at radius 3 is 2.24 bits per heavy atom. The van der Waals surface area contributed by atoms with E-state index in [-0.39, 0.29) is 5.82 Å². The minimum Gasteiger partial charge on any atom is -0.399 e. The van der Waals surface area contributed by atoms with Gasteiger partial charge in [0.1, 0.15) is 0 Å². The lowest BCUT2D eigenvalue weighted by molar-refractivity contribution is -0.137. The molecule has 0 aliphatic carbocycles. The summed E-state index contributed by atoms with van der Waals surface area (Å²) in [5, 5.41) is 7.75. The largest absolute Gasteiger partial charge is 0.417 e. The maximum Gasteiger partial charge on any atom is 0.417 e. The van der Waals surface area contributed by atoms with E-state index in [1.807, 2.05) is 0 Å². The standard InChI is InChI=1S/C13H10F3N5/c14-13(15,16)8-1-2-11-19-20-12(21(11)6-8)7-3-9(17)5-10(18)4-7/h1-6H,17-18H2. The summed E-state index contributed by atoms with van der Waals surface area (Å²) in [6, 6.07) is 6.92. The molecule has 2 heterocycles. The van der Waals surface area contributed by atoms with Crippen molar-refractivity contribution in [1.82, 2.24) is 14.6 Å². The van der Waals surface area contributed by atoms with Gasteiger partial charge >= 0.3 is 6.18 Å². The second-order valence-corrected chi connectivity index (χ2v) is 4.56. The molecule has 21 heavy (non-hydrogen) atoms. The normalized spacial score (nSPS) is 12.0. The number of fused-ring (bicyclic) bond motifs is 1. The summed E-state index contributed by atoms with van der Waals surface area (Å²) in [4.78, 5) is 0. The first kappa shape index (κ1) is 13.2. The topological polar surface area (TPSA) is 82.2 Å². The first-order valence-electron chi connectivity index (χ1n) is 5.93. The van der Waals surface area contributed by atoms with Crippen molar-refractivity contribution < 1.29 is 13.2 Å². The maximum atomic E-state index is 12.8. The van der Waals surface area contributed by atoms with Crippen LogP contribution in [0.15, 0.2) is 36.5 Å². The predicted molar refractivity (Wildman–Crippen MR) is 72.2 cm³/mol. The molecule has 0 bridgehead atoms. The van der Waals surface area contributed by atoms with E-state index in [1.165, 1.54) is 10.5 Å². The highest BCUT2D eigenvalue weighted by Crippen LogP contribution is 2.30. The second-order valence-electron chi connectivity index (χ2n) is 4.56. The molecule has 0 amide bonds. The van der Waals surface area contributed by atoms with Gasteiger partial charge in [0.05, 0.1) is 5.56 Å². The highest BCUT2D eigenvalue weighted by atomic mass is 19.4. The van der Waals surface area contributed by atoms with Crippen LogP contribution >= 0.6 is 0 Å². The molecule has 0 fully saturated rings. The molecule has 0 saturated carbocycles. The molecule has 0 aliphatic rings. The number of nitrogens with zero attached hydrogens (tertiary/aromatic N) is 3. The van der Waals surface area contributed by atoms with Gasteiger partial charge in [0.25, 0.3) is 0 Å². The third-order valence-electron chi connectivity index (χ3n) is 2.97. The van der Waals surface area contributed by atoms with Gasteiger partial charge in [-0.3, -0.25) is 4.40 Å². The summed E-state index contributed by atoms with van der Waals surface area (Å²) in [6.07, 6.45) is -3.49. The molecule has 0 spiro atoms. The number of nitrogen functional groups attached to an aromatic ring is 2. The lowest BCUT2D eigenvalue weighted by Gasteiger charge is -2.08. The summed E-state index contributed by atoms with van der Waals surface area (Å²) in [6.45, 7) is 0. The fraction of sp³-hybridized carbons (Fsp3) is 0.0769. The number of hydrogen-bond acceptors (Lipinski definition) is 4. The zero-order valence-electron chi connectivity index (χ0n) is 10.6. The van der Waals surface area contributed by atoms with Gasteiger partial charge in [-0.15, -0.1) is 10.2 Å². The first-order chi connectivity index (χ1) is 9.84. The van der Waals surface area contributed by atoms with E-state index in [1.54, 1.807) is 18.2 Å². The zero-order valence-corrected chi connectivity index (χ0v) is 10.6. The minimum absolute atomic E-state index is 0.245. The Kier molecular flexibility index (Phi) is 2.75. The van der Waals surface area contributed by atoms with E-state index in [4.69, 9.17) is 11.5 Å². The highest BCUT2D eigenvalue weighted by molar-refractivity contribution is 5.69. The van der Waals surface area contributed by atoms with Gasteiger partial charge in [0.2, 0.25) is 0 Å². The lowest BCUT2D eigenvalue weighted by atomic mass is 10.1. The van der Waals surface area contributed by atoms with Gasteiger partial charge in [-0.1, -0.05) is 0 Å². The molecular formula is C13H10F3N5. The molecule has 0 radical (unpaired) electrons. The fourth-order valence-corrected chi connectivity index (χ4v) is 2.06. The van der Waals surface area contributed by atoms with Crippen LogP contribution in [0.5, 0.6) is 0 Å². The van der Waals surface area contributed by atoms with E-state index in [9.17, 15) is 13.2 Å². The minimum atomic E-state index is -4.44. The second kappa shape index (κ2) is 4.37. The lowest BCUT2D eigenvalue weighted by Crippen LogP contribution is -2.06. The van der Waals surface area contributed by atoms with Crippen LogP contribution in [-0.4, -0.2) is 14.6 Å². The van der Waals surface area contributed by atoms with Gasteiger partial charge in [0.15, 0.2) is 11.5 Å². The maximum absolute atomic E-state index is 12.8. The van der Waals surface area contributed by atoms with Crippen LogP contribution in [0.4, 0.5) is 24.5 Å². The van der Waals surface area contributed by atoms with E-state index in [0.29, 0.717) is 22.6 Å². The predicted octanol–water partition coefficient (Wildman–Crippen LogP) is 2.58. The average molecular weight is 293 g/mol. The molecule has 0 unspecified atom stereocenters. The molecule has 8 heteroatoms. The fourth-order valence-electron chi connectivity index (χ4n) is 2.06. The Balaban J connectivity index is 2.23. The van der Waals surface area contributed by atoms with Crippen LogP contribution in [-0.2, 0) is 6.18 Å². The van der Waals surface area contributed by atoms with Crippen LogP contribution in [0, 0.1) is 0 Å². The van der Waals surface area contributed by atoms with Crippen molar-refractivity contribution in [3.8, 4) is 11.4 Å². The molecule has 108 valence electrons. The van der Waals surface area contributed by atoms with Gasteiger partial charge in [0, 0.05) is 23.1 Å². The molecular weight excluding hydrogens is 283 g/mol. The third kappa shape index (κ3) is 2.35. The van der Waals surface area contributed by atoms with Crippen molar-refractivity contribution in [3.63, 3.8) is 0 Å². The number of alkyl halides is 3. The molecule has 1 aromatic carbocycles. The Morgan fingerprint density at radius 2 is 1.62 bits per heavy atom. The number of benzene rings is 1. The number of halogens is 3. The van der Waals surface area contributed by atoms with Crippen LogP contribution in [0.3, 0.4) is 0 Å². The molecule has 0 atom stereocenters. The number of aromatic nitrogens is 3. The smallest absolute Gasteiger partial charge is 0.399 e. The SMILES string of the molecule is Nc1cc(N)cc(-c2nnc3ccc(C(F)(F)F)cn23)c1. The van der Waals surface area contributed by atoms with Crippen LogP contribution < -0.4 is 11.5 Å². The van der Waals surface area contributed by atoms with E-state index < -0.39 is 11.7 Å². The number of pyridine rings is 1. The van der Waals surface area contributed by atoms with Gasteiger partial charge in [-0.2, -0.15) is 13.2 Å². The summed E-state index contributed by atoms with van der Waals surface area (Å²) in [5.41, 5.74) is 12.2. The quantitative estimate of drug-likeness (QED) is 0.676. The Hall–Kier alpha value is -2.77. The molecule has 3 aromatic rings. The van der Waals surface area contributed by atoms with Gasteiger partial charge < -0.3 is 11.5 Å². The Bertz CT molecular complexity index is 802. The number of nitrogens with two attached hydrogens (primary N) is 2. The molecule has 0 saturated heterocycles. The van der Waals surface area contributed by atoms with Gasteiger partial charge in [-0.05, 0) is 30.3 Å². The molecule has 4 N–H and O–H groups in total. The van der Waals surface area contributed by atoms with Crippen molar-refractivity contribution in [2.24, 2.45) is 0 Å². The number of anilines is 2. The van der Waals surface area contributed by atoms with Crippen LogP contribution in [0.25, 0.3) is 17.0 Å². The van der Waals surface area contributed by atoms with Crippen LogP contribution in [0.2, 0.25) is 0 Å². The average Bonchev–Trinajstić information content (AvgIpc) is 2.79. The summed E-state index contributed by atoms with van der Waals surface area (Å²) in [7, 11) is 0. The molecule has 5 nitrogen and oxygen atoms in total. The van der Waals surface area contributed by atoms with Gasteiger partial charge in [-0.25, -0.2) is 0 Å². The third-order valence-corrected chi connectivity index (χ3v) is 2.97. The zero-order chi connectivity index (χ0) is 15.2. The van der Waals surface area contributed by atoms with Crippen molar-refractivity contribution in [2.75, 3.05) is 11.5 Å². The number of rotatable bonds is 1. The molecule has 3 rings (SSSR count). The monoisotopic (exact) mass is 293 g/mol. The summed E-state index contributed by atoms with van der Waals surface area (Å²) >= 11 is 0. The molecule has 2 aromatic heterocycles. The van der Waals surface area contributed by atoms with E-state index in [0.717, 1.165) is 12.3 Å². The summed E-state index contributed by atoms with van der Waals surface area (Å²) < 4.78 is 39.6. The van der Waals surface area contributed by atoms with E-state index >= 15 is 0 Å². The van der Waals surface area contributed by atoms with Crippen molar-refractivity contribution >= 4 is 17.0 Å². The van der Waals surface area contributed by atoms with Crippen molar-refractivity contribution in [3.05, 3.63) is 42.1 Å².